The van der Waals surface area contributed by atoms with Crippen LogP contribution in [0.2, 0.25) is 0 Å². The van der Waals surface area contributed by atoms with Gasteiger partial charge in [-0.15, -0.1) is 0 Å². The molecule has 1 aliphatic rings. The maximum absolute atomic E-state index is 14.5. The standard InChI is InChI=1S/C21H21FN6OS/c22-16-9-15(19(24)29)20(27-14-3-4-18-12(8-14)2-1-6-25-18)28-21(16)26-10-17(23)13-5-7-30-11-13/h3-9,11,17H,1-2,10,23H2,(H2,24,29)(H2,26,27,28)/t17-/m1/s1. The highest BCUT2D eigenvalue weighted by Crippen LogP contribution is 2.30. The van der Waals surface area contributed by atoms with Gasteiger partial charge in [0.1, 0.15) is 5.82 Å². The maximum Gasteiger partial charge on any atom is 0.252 e. The van der Waals surface area contributed by atoms with Crippen molar-refractivity contribution in [3.05, 3.63) is 63.6 Å². The van der Waals surface area contributed by atoms with Crippen LogP contribution in [0.3, 0.4) is 0 Å². The SMILES string of the molecule is NC(=O)c1cc(F)c(NC[C@@H](N)c2ccsc2)nc1Nc1ccc2c(c1)CCC=N2. The first-order chi connectivity index (χ1) is 14.5. The van der Waals surface area contributed by atoms with Gasteiger partial charge in [-0.2, -0.15) is 11.3 Å². The number of nitrogens with two attached hydrogens (primary N) is 2. The van der Waals surface area contributed by atoms with E-state index in [2.05, 4.69) is 20.6 Å². The predicted octanol–water partition coefficient (Wildman–Crippen LogP) is 3.89. The summed E-state index contributed by atoms with van der Waals surface area (Å²) in [5.41, 5.74) is 15.2. The monoisotopic (exact) mass is 424 g/mol. The molecule has 7 nitrogen and oxygen atoms in total. The van der Waals surface area contributed by atoms with E-state index in [4.69, 9.17) is 11.5 Å². The molecule has 9 heteroatoms. The Morgan fingerprint density at radius 2 is 2.13 bits per heavy atom. The number of fused-ring (bicyclic) bond motifs is 1. The van der Waals surface area contributed by atoms with Crippen molar-refractivity contribution >= 4 is 46.5 Å². The Morgan fingerprint density at radius 3 is 2.90 bits per heavy atom. The Balaban J connectivity index is 1.59. The van der Waals surface area contributed by atoms with Crippen LogP contribution in [-0.4, -0.2) is 23.7 Å². The zero-order chi connectivity index (χ0) is 21.1. The second kappa shape index (κ2) is 8.60. The van der Waals surface area contributed by atoms with Gasteiger partial charge in [0.25, 0.3) is 5.91 Å². The Morgan fingerprint density at radius 1 is 1.27 bits per heavy atom. The lowest BCUT2D eigenvalue weighted by atomic mass is 10.0. The first kappa shape index (κ1) is 20.0. The number of anilines is 3. The molecule has 1 aromatic carbocycles. The molecule has 154 valence electrons. The van der Waals surface area contributed by atoms with E-state index in [-0.39, 0.29) is 29.8 Å². The number of hydrogen-bond donors (Lipinski definition) is 4. The summed E-state index contributed by atoms with van der Waals surface area (Å²) in [5.74, 6) is -1.27. The topological polar surface area (TPSA) is 118 Å². The van der Waals surface area contributed by atoms with E-state index in [0.29, 0.717) is 5.69 Å². The largest absolute Gasteiger partial charge is 0.366 e. The molecule has 0 radical (unpaired) electrons. The first-order valence-electron chi connectivity index (χ1n) is 9.45. The van der Waals surface area contributed by atoms with Crippen LogP contribution in [-0.2, 0) is 6.42 Å². The van der Waals surface area contributed by atoms with Gasteiger partial charge in [0, 0.05) is 24.5 Å². The minimum Gasteiger partial charge on any atom is -0.366 e. The molecule has 0 aliphatic carbocycles. The Hall–Kier alpha value is -3.30. The van der Waals surface area contributed by atoms with Crippen LogP contribution in [0.25, 0.3) is 0 Å². The molecule has 6 N–H and O–H groups in total. The van der Waals surface area contributed by atoms with Gasteiger partial charge >= 0.3 is 0 Å². The van der Waals surface area contributed by atoms with E-state index in [1.807, 2.05) is 41.2 Å². The van der Waals surface area contributed by atoms with Crippen molar-refractivity contribution in [2.24, 2.45) is 16.5 Å². The molecule has 1 amide bonds. The fourth-order valence-corrected chi connectivity index (χ4v) is 3.94. The van der Waals surface area contributed by atoms with Gasteiger partial charge in [-0.1, -0.05) is 0 Å². The van der Waals surface area contributed by atoms with Crippen LogP contribution >= 0.6 is 11.3 Å². The number of carbonyl (C=O) groups is 1. The fraction of sp³-hybridized carbons (Fsp3) is 0.190. The van der Waals surface area contributed by atoms with E-state index in [0.717, 1.165) is 35.7 Å². The summed E-state index contributed by atoms with van der Waals surface area (Å²) in [6, 6.07) is 8.35. The molecular formula is C21H21FN6OS. The summed E-state index contributed by atoms with van der Waals surface area (Å²) in [4.78, 5) is 20.5. The summed E-state index contributed by atoms with van der Waals surface area (Å²) in [6.45, 7) is 0.285. The number of aromatic nitrogens is 1. The normalized spacial score (nSPS) is 13.5. The van der Waals surface area contributed by atoms with Crippen LogP contribution in [0.15, 0.2) is 46.1 Å². The lowest BCUT2D eigenvalue weighted by Gasteiger charge is -2.16. The highest BCUT2D eigenvalue weighted by molar-refractivity contribution is 7.07. The van der Waals surface area contributed by atoms with E-state index in [1.165, 1.54) is 0 Å². The van der Waals surface area contributed by atoms with Crippen LogP contribution in [0.4, 0.5) is 27.4 Å². The molecule has 2 aromatic heterocycles. The second-order valence-corrected chi connectivity index (χ2v) is 7.72. The highest BCUT2D eigenvalue weighted by Gasteiger charge is 2.18. The molecule has 0 fully saturated rings. The highest BCUT2D eigenvalue weighted by atomic mass is 32.1. The van der Waals surface area contributed by atoms with Gasteiger partial charge in [-0.25, -0.2) is 9.37 Å². The Kier molecular flexibility index (Phi) is 5.73. The number of aliphatic imine (C=N–C) groups is 1. The van der Waals surface area contributed by atoms with Crippen LogP contribution in [0.5, 0.6) is 0 Å². The summed E-state index contributed by atoms with van der Waals surface area (Å²) >= 11 is 1.54. The minimum atomic E-state index is -0.770. The zero-order valence-corrected chi connectivity index (χ0v) is 16.9. The van der Waals surface area contributed by atoms with E-state index in [1.54, 1.807) is 11.3 Å². The van der Waals surface area contributed by atoms with E-state index in [9.17, 15) is 9.18 Å². The fourth-order valence-electron chi connectivity index (χ4n) is 3.22. The Bertz CT molecular complexity index is 1100. The van der Waals surface area contributed by atoms with Gasteiger partial charge in [-0.3, -0.25) is 9.79 Å². The third kappa shape index (κ3) is 4.32. The molecule has 0 bridgehead atoms. The van der Waals surface area contributed by atoms with Crippen LogP contribution in [0, 0.1) is 5.82 Å². The lowest BCUT2D eigenvalue weighted by molar-refractivity contribution is 0.100. The molecule has 30 heavy (non-hydrogen) atoms. The van der Waals surface area contributed by atoms with Crippen molar-refractivity contribution in [3.8, 4) is 0 Å². The molecule has 1 atom stereocenters. The van der Waals surface area contributed by atoms with Crippen molar-refractivity contribution in [2.45, 2.75) is 18.9 Å². The average Bonchev–Trinajstić information content (AvgIpc) is 3.28. The third-order valence-electron chi connectivity index (χ3n) is 4.82. The number of amides is 1. The van der Waals surface area contributed by atoms with Crippen molar-refractivity contribution in [3.63, 3.8) is 0 Å². The van der Waals surface area contributed by atoms with Crippen LogP contribution < -0.4 is 22.1 Å². The molecule has 0 unspecified atom stereocenters. The zero-order valence-electron chi connectivity index (χ0n) is 16.1. The number of aryl methyl sites for hydroxylation is 1. The summed E-state index contributed by atoms with van der Waals surface area (Å²) in [7, 11) is 0. The van der Waals surface area contributed by atoms with Gasteiger partial charge in [0.05, 0.1) is 11.3 Å². The molecule has 4 rings (SSSR count). The number of nitrogens with one attached hydrogen (secondary N) is 2. The van der Waals surface area contributed by atoms with E-state index >= 15 is 0 Å². The lowest BCUT2D eigenvalue weighted by Crippen LogP contribution is -2.22. The number of nitrogens with zero attached hydrogens (tertiary/aromatic N) is 2. The summed E-state index contributed by atoms with van der Waals surface area (Å²) in [5, 5.41) is 9.89. The molecule has 3 aromatic rings. The maximum atomic E-state index is 14.5. The smallest absolute Gasteiger partial charge is 0.252 e. The van der Waals surface area contributed by atoms with Gasteiger partial charge in [-0.05, 0) is 65.1 Å². The number of pyridine rings is 1. The molecule has 0 saturated heterocycles. The number of primary amides is 1. The number of thiophene rings is 1. The molecule has 0 saturated carbocycles. The van der Waals surface area contributed by atoms with Crippen molar-refractivity contribution in [2.75, 3.05) is 17.2 Å². The van der Waals surface area contributed by atoms with E-state index < -0.39 is 11.7 Å². The number of rotatable bonds is 7. The number of carbonyl (C=O) groups excluding carboxylic acids is 1. The van der Waals surface area contributed by atoms with Crippen LogP contribution in [0.1, 0.15) is 33.9 Å². The second-order valence-electron chi connectivity index (χ2n) is 6.94. The number of benzene rings is 1. The van der Waals surface area contributed by atoms with Gasteiger partial charge in [0.15, 0.2) is 11.6 Å². The van der Waals surface area contributed by atoms with Gasteiger partial charge < -0.3 is 22.1 Å². The first-order valence-corrected chi connectivity index (χ1v) is 10.4. The average molecular weight is 425 g/mol. The Labute approximate surface area is 177 Å². The molecule has 3 heterocycles. The molecular weight excluding hydrogens is 403 g/mol. The number of hydrogen-bond acceptors (Lipinski definition) is 7. The summed E-state index contributed by atoms with van der Waals surface area (Å²) in [6.07, 6.45) is 3.64. The van der Waals surface area contributed by atoms with Gasteiger partial charge in [0.2, 0.25) is 0 Å². The molecule has 1 aliphatic heterocycles. The summed E-state index contributed by atoms with van der Waals surface area (Å²) < 4.78 is 14.5. The van der Waals surface area contributed by atoms with Crippen molar-refractivity contribution in [1.29, 1.82) is 0 Å². The third-order valence-corrected chi connectivity index (χ3v) is 5.52. The molecule has 0 spiro atoms. The predicted molar refractivity (Wildman–Crippen MR) is 119 cm³/mol. The van der Waals surface area contributed by atoms with Crippen molar-refractivity contribution < 1.29 is 9.18 Å². The van der Waals surface area contributed by atoms with Crippen molar-refractivity contribution in [1.82, 2.24) is 4.98 Å². The number of halogens is 1. The quantitative estimate of drug-likeness (QED) is 0.459. The minimum absolute atomic E-state index is 0.00394.